The zero-order chi connectivity index (χ0) is 13.0. The zero-order valence-electron chi connectivity index (χ0n) is 11.1. The van der Waals surface area contributed by atoms with Crippen molar-refractivity contribution in [2.24, 2.45) is 5.73 Å². The van der Waals surface area contributed by atoms with Gasteiger partial charge in [0.25, 0.3) is 0 Å². The van der Waals surface area contributed by atoms with Gasteiger partial charge in [-0.3, -0.25) is 0 Å². The molecule has 1 aromatic rings. The summed E-state index contributed by atoms with van der Waals surface area (Å²) in [6.45, 7) is 2.31. The van der Waals surface area contributed by atoms with E-state index in [1.807, 2.05) is 12.1 Å². The van der Waals surface area contributed by atoms with Crippen LogP contribution in [0.1, 0.15) is 5.56 Å². The van der Waals surface area contributed by atoms with Gasteiger partial charge in [-0.25, -0.2) is 0 Å². The quantitative estimate of drug-likeness (QED) is 0.815. The standard InChI is InChI=1S/C14H22N2O2/c1-16(8-12(15)10-17-2)9-13-7-11-5-3-4-6-14(11)18-13/h3-6,12-13H,7-10,15H2,1-2H3. The smallest absolute Gasteiger partial charge is 0.123 e. The van der Waals surface area contributed by atoms with Crippen molar-refractivity contribution >= 4 is 0 Å². The second-order valence-electron chi connectivity index (χ2n) is 4.99. The third kappa shape index (κ3) is 3.45. The molecule has 100 valence electrons. The van der Waals surface area contributed by atoms with Crippen molar-refractivity contribution in [3.05, 3.63) is 29.8 Å². The van der Waals surface area contributed by atoms with Crippen LogP contribution in [0.5, 0.6) is 5.75 Å². The average Bonchev–Trinajstić information content (AvgIpc) is 2.70. The number of likely N-dealkylation sites (N-methyl/N-ethyl adjacent to an activating group) is 1. The molecule has 2 atom stereocenters. The summed E-state index contributed by atoms with van der Waals surface area (Å²) in [5.74, 6) is 1.03. The first-order chi connectivity index (χ1) is 8.69. The fraction of sp³-hybridized carbons (Fsp3) is 0.571. The first-order valence-electron chi connectivity index (χ1n) is 6.36. The van der Waals surface area contributed by atoms with Gasteiger partial charge in [-0.05, 0) is 18.7 Å². The van der Waals surface area contributed by atoms with Crippen LogP contribution in [-0.2, 0) is 11.2 Å². The predicted molar refractivity (Wildman–Crippen MR) is 71.9 cm³/mol. The molecule has 0 radical (unpaired) electrons. The highest BCUT2D eigenvalue weighted by atomic mass is 16.5. The molecule has 18 heavy (non-hydrogen) atoms. The van der Waals surface area contributed by atoms with Gasteiger partial charge in [0.05, 0.1) is 6.61 Å². The van der Waals surface area contributed by atoms with Gasteiger partial charge in [0.15, 0.2) is 0 Å². The van der Waals surface area contributed by atoms with Crippen molar-refractivity contribution in [1.82, 2.24) is 4.90 Å². The Kier molecular flexibility index (Phi) is 4.58. The number of para-hydroxylation sites is 1. The Labute approximate surface area is 109 Å². The van der Waals surface area contributed by atoms with E-state index in [1.54, 1.807) is 7.11 Å². The SMILES string of the molecule is COCC(N)CN(C)CC1Cc2ccccc2O1. The molecule has 2 N–H and O–H groups in total. The number of nitrogens with zero attached hydrogens (tertiary/aromatic N) is 1. The first kappa shape index (κ1) is 13.3. The number of methoxy groups -OCH3 is 1. The summed E-state index contributed by atoms with van der Waals surface area (Å²) in [5.41, 5.74) is 7.24. The Morgan fingerprint density at radius 3 is 3.00 bits per heavy atom. The van der Waals surface area contributed by atoms with Crippen LogP contribution in [0.25, 0.3) is 0 Å². The lowest BCUT2D eigenvalue weighted by atomic mass is 10.1. The van der Waals surface area contributed by atoms with Crippen LogP contribution < -0.4 is 10.5 Å². The van der Waals surface area contributed by atoms with Crippen LogP contribution in [0, 0.1) is 0 Å². The summed E-state index contributed by atoms with van der Waals surface area (Å²) in [4.78, 5) is 2.21. The third-order valence-electron chi connectivity index (χ3n) is 3.16. The average molecular weight is 250 g/mol. The highest BCUT2D eigenvalue weighted by molar-refractivity contribution is 5.37. The van der Waals surface area contributed by atoms with Gasteiger partial charge in [0, 0.05) is 32.7 Å². The van der Waals surface area contributed by atoms with Gasteiger partial charge < -0.3 is 20.1 Å². The van der Waals surface area contributed by atoms with Gasteiger partial charge in [-0.2, -0.15) is 0 Å². The molecule has 1 heterocycles. The molecule has 1 aromatic carbocycles. The number of fused-ring (bicyclic) bond motifs is 1. The molecule has 1 aliphatic rings. The third-order valence-corrected chi connectivity index (χ3v) is 3.16. The zero-order valence-corrected chi connectivity index (χ0v) is 11.1. The van der Waals surface area contributed by atoms with Crippen molar-refractivity contribution in [3.63, 3.8) is 0 Å². The van der Waals surface area contributed by atoms with E-state index in [9.17, 15) is 0 Å². The molecule has 2 unspecified atom stereocenters. The van der Waals surface area contributed by atoms with Crippen molar-refractivity contribution in [3.8, 4) is 5.75 Å². The Hall–Kier alpha value is -1.10. The summed E-state index contributed by atoms with van der Waals surface area (Å²) in [6, 6.07) is 8.30. The molecule has 0 saturated carbocycles. The van der Waals surface area contributed by atoms with Gasteiger partial charge in [-0.1, -0.05) is 18.2 Å². The Morgan fingerprint density at radius 1 is 1.50 bits per heavy atom. The lowest BCUT2D eigenvalue weighted by Gasteiger charge is -2.23. The second-order valence-corrected chi connectivity index (χ2v) is 4.99. The minimum Gasteiger partial charge on any atom is -0.488 e. The van der Waals surface area contributed by atoms with Gasteiger partial charge in [-0.15, -0.1) is 0 Å². The van der Waals surface area contributed by atoms with Gasteiger partial charge >= 0.3 is 0 Å². The van der Waals surface area contributed by atoms with Crippen LogP contribution in [0.4, 0.5) is 0 Å². The molecule has 0 fully saturated rings. The molecule has 0 amide bonds. The molecule has 1 aliphatic heterocycles. The molecule has 0 aliphatic carbocycles. The number of hydrogen-bond donors (Lipinski definition) is 1. The maximum atomic E-state index is 5.94. The van der Waals surface area contributed by atoms with E-state index in [0.717, 1.165) is 25.3 Å². The summed E-state index contributed by atoms with van der Waals surface area (Å²) >= 11 is 0. The highest BCUT2D eigenvalue weighted by Crippen LogP contribution is 2.28. The monoisotopic (exact) mass is 250 g/mol. The number of benzene rings is 1. The molecule has 0 aromatic heterocycles. The van der Waals surface area contributed by atoms with E-state index in [2.05, 4.69) is 24.1 Å². The number of ether oxygens (including phenoxy) is 2. The fourth-order valence-corrected chi connectivity index (χ4v) is 2.45. The summed E-state index contributed by atoms with van der Waals surface area (Å²) in [6.07, 6.45) is 1.22. The van der Waals surface area contributed by atoms with Crippen LogP contribution in [0.15, 0.2) is 24.3 Å². The fourth-order valence-electron chi connectivity index (χ4n) is 2.45. The maximum absolute atomic E-state index is 5.94. The lowest BCUT2D eigenvalue weighted by molar-refractivity contribution is 0.135. The van der Waals surface area contributed by atoms with E-state index in [4.69, 9.17) is 15.2 Å². The molecular weight excluding hydrogens is 228 g/mol. The van der Waals surface area contributed by atoms with E-state index < -0.39 is 0 Å². The topological polar surface area (TPSA) is 47.7 Å². The number of nitrogens with two attached hydrogens (primary N) is 1. The highest BCUT2D eigenvalue weighted by Gasteiger charge is 2.23. The van der Waals surface area contributed by atoms with Crippen molar-refractivity contribution in [1.29, 1.82) is 0 Å². The van der Waals surface area contributed by atoms with E-state index in [0.29, 0.717) is 6.61 Å². The van der Waals surface area contributed by atoms with E-state index >= 15 is 0 Å². The molecule has 0 spiro atoms. The van der Waals surface area contributed by atoms with Gasteiger partial charge in [0.1, 0.15) is 11.9 Å². The summed E-state index contributed by atoms with van der Waals surface area (Å²) < 4.78 is 10.9. The largest absolute Gasteiger partial charge is 0.488 e. The first-order valence-corrected chi connectivity index (χ1v) is 6.36. The molecule has 4 heteroatoms. The van der Waals surface area contributed by atoms with Crippen LogP contribution >= 0.6 is 0 Å². The van der Waals surface area contributed by atoms with Crippen molar-refractivity contribution in [2.45, 2.75) is 18.6 Å². The second kappa shape index (κ2) is 6.18. The Balaban J connectivity index is 1.79. The summed E-state index contributed by atoms with van der Waals surface area (Å²) in [7, 11) is 3.75. The molecule has 4 nitrogen and oxygen atoms in total. The van der Waals surface area contributed by atoms with E-state index in [-0.39, 0.29) is 12.1 Å². The maximum Gasteiger partial charge on any atom is 0.123 e. The molecule has 0 bridgehead atoms. The van der Waals surface area contributed by atoms with E-state index in [1.165, 1.54) is 5.56 Å². The minimum atomic E-state index is 0.0591. The summed E-state index contributed by atoms with van der Waals surface area (Å²) in [5, 5.41) is 0. The Bertz CT molecular complexity index is 359. The number of hydrogen-bond acceptors (Lipinski definition) is 4. The van der Waals surface area contributed by atoms with Crippen molar-refractivity contribution in [2.75, 3.05) is 33.9 Å². The minimum absolute atomic E-state index is 0.0591. The Morgan fingerprint density at radius 2 is 2.28 bits per heavy atom. The number of rotatable bonds is 6. The molecule has 0 saturated heterocycles. The van der Waals surface area contributed by atoms with Crippen LogP contribution in [-0.4, -0.2) is 50.9 Å². The lowest BCUT2D eigenvalue weighted by Crippen LogP contribution is -2.42. The van der Waals surface area contributed by atoms with Gasteiger partial charge in [0.2, 0.25) is 0 Å². The normalized spacial score (nSPS) is 19.7. The van der Waals surface area contributed by atoms with Crippen LogP contribution in [0.2, 0.25) is 0 Å². The molecule has 2 rings (SSSR count). The van der Waals surface area contributed by atoms with Crippen molar-refractivity contribution < 1.29 is 9.47 Å². The predicted octanol–water partition coefficient (Wildman–Crippen LogP) is 0.896. The molecular formula is C14H22N2O2. The van der Waals surface area contributed by atoms with Crippen LogP contribution in [0.3, 0.4) is 0 Å².